The van der Waals surface area contributed by atoms with Crippen LogP contribution in [0.4, 0.5) is 0 Å². The first-order chi connectivity index (χ1) is 3.72. The van der Waals surface area contributed by atoms with Crippen LogP contribution in [-0.4, -0.2) is 0 Å². The summed E-state index contributed by atoms with van der Waals surface area (Å²) in [6.45, 7) is 7.63. The number of nitrogens with one attached hydrogen (secondary N) is 1. The SMILES string of the molecule is C=C(NS)/C(C)=C/C. The van der Waals surface area contributed by atoms with Gasteiger partial charge in [0.05, 0.1) is 0 Å². The van der Waals surface area contributed by atoms with E-state index in [4.69, 9.17) is 0 Å². The molecule has 0 atom stereocenters. The Morgan fingerprint density at radius 1 is 1.75 bits per heavy atom. The van der Waals surface area contributed by atoms with Gasteiger partial charge in [-0.15, -0.1) is 0 Å². The summed E-state index contributed by atoms with van der Waals surface area (Å²) in [6, 6.07) is 0. The van der Waals surface area contributed by atoms with E-state index in [1.165, 1.54) is 0 Å². The van der Waals surface area contributed by atoms with Gasteiger partial charge in [0, 0.05) is 5.70 Å². The van der Waals surface area contributed by atoms with Crippen LogP contribution in [0.2, 0.25) is 0 Å². The highest BCUT2D eigenvalue weighted by Gasteiger charge is 1.87. The second-order valence-electron chi connectivity index (χ2n) is 1.56. The predicted octanol–water partition coefficient (Wildman–Crippen LogP) is 1.90. The molecule has 0 spiro atoms. The highest BCUT2D eigenvalue weighted by atomic mass is 32.1. The fourth-order valence-corrected chi connectivity index (χ4v) is 0.439. The van der Waals surface area contributed by atoms with Crippen molar-refractivity contribution in [1.82, 2.24) is 4.72 Å². The van der Waals surface area contributed by atoms with Gasteiger partial charge in [0.1, 0.15) is 0 Å². The molecule has 1 N–H and O–H groups in total. The first kappa shape index (κ1) is 7.63. The van der Waals surface area contributed by atoms with Crippen LogP contribution >= 0.6 is 12.8 Å². The van der Waals surface area contributed by atoms with E-state index >= 15 is 0 Å². The topological polar surface area (TPSA) is 12.0 Å². The average molecular weight is 129 g/mol. The van der Waals surface area contributed by atoms with Crippen molar-refractivity contribution in [3.05, 3.63) is 23.9 Å². The van der Waals surface area contributed by atoms with Gasteiger partial charge in [0.25, 0.3) is 0 Å². The predicted molar refractivity (Wildman–Crippen MR) is 40.7 cm³/mol. The molecule has 0 unspecified atom stereocenters. The van der Waals surface area contributed by atoms with Crippen LogP contribution in [0, 0.1) is 0 Å². The standard InChI is InChI=1S/C6H11NS/c1-4-5(2)6(3)7-8/h4,7-8H,3H2,1-2H3/b5-4+. The maximum absolute atomic E-state index is 3.82. The molecule has 2 heteroatoms. The zero-order chi connectivity index (χ0) is 6.57. The van der Waals surface area contributed by atoms with E-state index in [2.05, 4.69) is 24.1 Å². The lowest BCUT2D eigenvalue weighted by molar-refractivity contribution is 1.21. The van der Waals surface area contributed by atoms with Gasteiger partial charge in [-0.05, 0) is 19.4 Å². The third-order valence-electron chi connectivity index (χ3n) is 1.04. The lowest BCUT2D eigenvalue weighted by Crippen LogP contribution is -1.97. The Bertz CT molecular complexity index is 116. The van der Waals surface area contributed by atoms with Gasteiger partial charge in [0.2, 0.25) is 0 Å². The van der Waals surface area contributed by atoms with Crippen LogP contribution in [0.1, 0.15) is 13.8 Å². The molecule has 46 valence electrons. The van der Waals surface area contributed by atoms with Crippen molar-refractivity contribution in [3.63, 3.8) is 0 Å². The van der Waals surface area contributed by atoms with Gasteiger partial charge in [0.15, 0.2) is 0 Å². The quantitative estimate of drug-likeness (QED) is 0.428. The van der Waals surface area contributed by atoms with Crippen LogP contribution in [0.15, 0.2) is 23.9 Å². The Morgan fingerprint density at radius 3 is 2.38 bits per heavy atom. The highest BCUT2D eigenvalue weighted by molar-refractivity contribution is 7.78. The van der Waals surface area contributed by atoms with Crippen molar-refractivity contribution in [2.75, 3.05) is 0 Å². The molecule has 0 fully saturated rings. The molecule has 0 radical (unpaired) electrons. The molecule has 0 heterocycles. The smallest absolute Gasteiger partial charge is 0.0391 e. The summed E-state index contributed by atoms with van der Waals surface area (Å²) in [5.41, 5.74) is 1.98. The highest BCUT2D eigenvalue weighted by Crippen LogP contribution is 2.01. The Morgan fingerprint density at radius 2 is 2.25 bits per heavy atom. The zero-order valence-corrected chi connectivity index (χ0v) is 6.13. The molecule has 0 rings (SSSR count). The normalized spacial score (nSPS) is 11.1. The minimum absolute atomic E-state index is 0.857. The Hall–Kier alpha value is -0.370. The molecule has 0 saturated heterocycles. The van der Waals surface area contributed by atoms with E-state index in [-0.39, 0.29) is 0 Å². The summed E-state index contributed by atoms with van der Waals surface area (Å²) in [4.78, 5) is 0. The largest absolute Gasteiger partial charge is 0.333 e. The van der Waals surface area contributed by atoms with Gasteiger partial charge in [-0.2, -0.15) is 0 Å². The van der Waals surface area contributed by atoms with Gasteiger partial charge >= 0.3 is 0 Å². The van der Waals surface area contributed by atoms with Crippen molar-refractivity contribution in [2.24, 2.45) is 0 Å². The maximum Gasteiger partial charge on any atom is 0.0391 e. The molecule has 0 aromatic heterocycles. The Kier molecular flexibility index (Phi) is 3.44. The summed E-state index contributed by atoms with van der Waals surface area (Å²) in [5, 5.41) is 0. The average Bonchev–Trinajstić information content (AvgIpc) is 1.84. The summed E-state index contributed by atoms with van der Waals surface area (Å²) >= 11 is 3.82. The van der Waals surface area contributed by atoms with Crippen LogP contribution in [-0.2, 0) is 0 Å². The molecule has 0 bridgehead atoms. The first-order valence-electron chi connectivity index (χ1n) is 2.44. The van der Waals surface area contributed by atoms with Crippen LogP contribution in [0.25, 0.3) is 0 Å². The number of hydrogen-bond donors (Lipinski definition) is 2. The fraction of sp³-hybridized carbons (Fsp3) is 0.333. The van der Waals surface area contributed by atoms with Crippen LogP contribution in [0.3, 0.4) is 0 Å². The lowest BCUT2D eigenvalue weighted by Gasteiger charge is -2.00. The van der Waals surface area contributed by atoms with Crippen LogP contribution < -0.4 is 4.72 Å². The Labute approximate surface area is 56.0 Å². The lowest BCUT2D eigenvalue weighted by atomic mass is 10.2. The molecule has 0 aromatic carbocycles. The molecular formula is C6H11NS. The Balaban J connectivity index is 3.83. The van der Waals surface area contributed by atoms with Gasteiger partial charge < -0.3 is 4.72 Å². The molecule has 0 aliphatic carbocycles. The van der Waals surface area contributed by atoms with Crippen molar-refractivity contribution >= 4 is 12.8 Å². The molecule has 0 aliphatic heterocycles. The minimum Gasteiger partial charge on any atom is -0.333 e. The summed E-state index contributed by atoms with van der Waals surface area (Å²) in [7, 11) is 0. The van der Waals surface area contributed by atoms with Crippen molar-refractivity contribution in [3.8, 4) is 0 Å². The van der Waals surface area contributed by atoms with E-state index < -0.39 is 0 Å². The van der Waals surface area contributed by atoms with E-state index in [0.29, 0.717) is 0 Å². The molecule has 0 aromatic rings. The summed E-state index contributed by atoms with van der Waals surface area (Å²) in [5.74, 6) is 0. The number of hydrogen-bond acceptors (Lipinski definition) is 2. The van der Waals surface area contributed by atoms with Crippen molar-refractivity contribution in [2.45, 2.75) is 13.8 Å². The van der Waals surface area contributed by atoms with Crippen molar-refractivity contribution in [1.29, 1.82) is 0 Å². The van der Waals surface area contributed by atoms with Crippen molar-refractivity contribution < 1.29 is 0 Å². The van der Waals surface area contributed by atoms with Crippen LogP contribution in [0.5, 0.6) is 0 Å². The number of rotatable bonds is 2. The summed E-state index contributed by atoms with van der Waals surface area (Å²) < 4.78 is 2.65. The van der Waals surface area contributed by atoms with Gasteiger partial charge in [-0.3, -0.25) is 0 Å². The van der Waals surface area contributed by atoms with E-state index in [1.54, 1.807) is 0 Å². The van der Waals surface area contributed by atoms with E-state index in [9.17, 15) is 0 Å². The second-order valence-corrected chi connectivity index (χ2v) is 1.79. The number of allylic oxidation sites excluding steroid dienone is 2. The maximum atomic E-state index is 3.82. The minimum atomic E-state index is 0.857. The first-order valence-corrected chi connectivity index (χ1v) is 2.89. The third kappa shape index (κ3) is 2.07. The molecule has 0 amide bonds. The molecular weight excluding hydrogens is 118 g/mol. The van der Waals surface area contributed by atoms with E-state index in [1.807, 2.05) is 19.9 Å². The van der Waals surface area contributed by atoms with Gasteiger partial charge in [-0.1, -0.05) is 25.5 Å². The molecule has 1 nitrogen and oxygen atoms in total. The molecule has 0 saturated carbocycles. The second kappa shape index (κ2) is 3.61. The monoisotopic (exact) mass is 129 g/mol. The zero-order valence-electron chi connectivity index (χ0n) is 5.23. The number of thiol groups is 1. The third-order valence-corrected chi connectivity index (χ3v) is 1.31. The summed E-state index contributed by atoms with van der Waals surface area (Å²) in [6.07, 6.45) is 1.98. The fourth-order valence-electron chi connectivity index (χ4n) is 0.262. The molecule has 0 aliphatic rings. The molecule has 8 heavy (non-hydrogen) atoms. The van der Waals surface area contributed by atoms with E-state index in [0.717, 1.165) is 11.3 Å². The van der Waals surface area contributed by atoms with Gasteiger partial charge in [-0.25, -0.2) is 0 Å².